The van der Waals surface area contributed by atoms with Crippen molar-refractivity contribution >= 4 is 87.3 Å². The normalized spacial score (nSPS) is 13.7. The fraction of sp³-hybridized carbons (Fsp3) is 0.464. The van der Waals surface area contributed by atoms with Gasteiger partial charge in [0.05, 0.1) is 0 Å². The summed E-state index contributed by atoms with van der Waals surface area (Å²) in [6, 6.07) is 50.5. The third kappa shape index (κ3) is 24.8. The van der Waals surface area contributed by atoms with Crippen LogP contribution in [0.25, 0.3) is 0 Å². The first kappa shape index (κ1) is 77.6. The quantitative estimate of drug-likeness (QED) is 0.0330. The zero-order valence-corrected chi connectivity index (χ0v) is 64.4. The van der Waals surface area contributed by atoms with Crippen LogP contribution in [0, 0.1) is 0 Å². The molecule has 9 aromatic rings. The van der Waals surface area contributed by atoms with Gasteiger partial charge in [0, 0.05) is 175 Å². The SMILES string of the molecule is CCCCCCCCc1ccc(Nc2cc(N(C)C)nc(N3CCN(c4ccccn4)CC3)n2)cc1.CCCCCCCc1ccc(Nc2cc(N(C)C)nc(N3CCN(c4ccccn4)CC3)n2)cc1.CCCCCCc1ccc(Nc2cc(N(C)C)nc(N3CCN(c4ccccn4)CC3)n2)cc1. The number of anilines is 15. The van der Waals surface area contributed by atoms with Crippen molar-refractivity contribution < 1.29 is 0 Å². The molecule has 0 unspecified atom stereocenters. The van der Waals surface area contributed by atoms with Gasteiger partial charge in [0.2, 0.25) is 17.8 Å². The van der Waals surface area contributed by atoms with Crippen LogP contribution in [0.4, 0.5) is 87.3 Å². The number of hydrogen-bond acceptors (Lipinski definition) is 21. The van der Waals surface area contributed by atoms with Gasteiger partial charge in [-0.15, -0.1) is 0 Å². The summed E-state index contributed by atoms with van der Waals surface area (Å²) >= 11 is 0. The average molecular weight is 1420 g/mol. The fourth-order valence-corrected chi connectivity index (χ4v) is 13.1. The Morgan fingerprint density at radius 1 is 0.286 bits per heavy atom. The van der Waals surface area contributed by atoms with Crippen molar-refractivity contribution in [3.63, 3.8) is 0 Å². The van der Waals surface area contributed by atoms with E-state index in [2.05, 4.69) is 172 Å². The molecule has 0 amide bonds. The summed E-state index contributed by atoms with van der Waals surface area (Å²) in [5.74, 6) is 10.5. The number of aromatic nitrogens is 9. The second kappa shape index (κ2) is 41.4. The second-order valence-corrected chi connectivity index (χ2v) is 28.4. The Bertz CT molecular complexity index is 3900. The second-order valence-electron chi connectivity index (χ2n) is 28.4. The van der Waals surface area contributed by atoms with Gasteiger partial charge in [-0.1, -0.05) is 152 Å². The average Bonchev–Trinajstić information content (AvgIpc) is 0.825. The Hall–Kier alpha value is -10.1. The molecule has 0 saturated carbocycles. The van der Waals surface area contributed by atoms with Crippen LogP contribution in [0.15, 0.2) is 164 Å². The lowest BCUT2D eigenvalue weighted by Crippen LogP contribution is -2.47. The maximum absolute atomic E-state index is 4.88. The summed E-state index contributed by atoms with van der Waals surface area (Å²) in [4.78, 5) is 62.4. The van der Waals surface area contributed by atoms with Crippen molar-refractivity contribution in [2.75, 3.05) is 181 Å². The lowest BCUT2D eigenvalue weighted by molar-refractivity contribution is 0.607. The number of aryl methyl sites for hydroxylation is 3. The van der Waals surface area contributed by atoms with Crippen LogP contribution in [-0.2, 0) is 19.3 Å². The van der Waals surface area contributed by atoms with Gasteiger partial charge in [-0.3, -0.25) is 0 Å². The van der Waals surface area contributed by atoms with Crippen molar-refractivity contribution in [2.45, 2.75) is 136 Å². The molecule has 105 heavy (non-hydrogen) atoms. The number of hydrogen-bond donors (Lipinski definition) is 3. The summed E-state index contributed by atoms with van der Waals surface area (Å²) in [7, 11) is 12.1. The van der Waals surface area contributed by atoms with Crippen LogP contribution in [0.2, 0.25) is 0 Å². The van der Waals surface area contributed by atoms with Gasteiger partial charge in [-0.25, -0.2) is 15.0 Å². The molecular weight excluding hydrogens is 1300 g/mol. The monoisotopic (exact) mass is 1420 g/mol. The molecule has 0 bridgehead atoms. The third-order valence-electron chi connectivity index (χ3n) is 19.5. The smallest absolute Gasteiger partial charge is 0.229 e. The van der Waals surface area contributed by atoms with Crippen LogP contribution >= 0.6 is 0 Å². The van der Waals surface area contributed by atoms with Gasteiger partial charge in [-0.2, -0.15) is 29.9 Å². The van der Waals surface area contributed by atoms with Crippen LogP contribution < -0.4 is 60.0 Å². The minimum atomic E-state index is 0.766. The molecule has 0 radical (unpaired) electrons. The van der Waals surface area contributed by atoms with E-state index < -0.39 is 0 Å². The Morgan fingerprint density at radius 2 is 0.533 bits per heavy atom. The molecular formula is C84H117N21. The van der Waals surface area contributed by atoms with Gasteiger partial charge >= 0.3 is 0 Å². The van der Waals surface area contributed by atoms with E-state index in [0.29, 0.717) is 0 Å². The number of rotatable bonds is 33. The van der Waals surface area contributed by atoms with Crippen LogP contribution in [-0.4, -0.2) is 166 Å². The number of benzene rings is 3. The lowest BCUT2D eigenvalue weighted by Gasteiger charge is -2.35. The topological polar surface area (TPSA) is 181 Å². The molecule has 3 saturated heterocycles. The molecule has 21 heteroatoms. The van der Waals surface area contributed by atoms with Crippen molar-refractivity contribution in [1.82, 2.24) is 44.9 Å². The van der Waals surface area contributed by atoms with Gasteiger partial charge in [0.15, 0.2) is 0 Å². The van der Waals surface area contributed by atoms with E-state index in [-0.39, 0.29) is 0 Å². The Kier molecular flexibility index (Phi) is 30.6. The van der Waals surface area contributed by atoms with Crippen LogP contribution in [0.1, 0.15) is 134 Å². The minimum Gasteiger partial charge on any atom is -0.363 e. The first-order valence-electron chi connectivity index (χ1n) is 38.9. The maximum atomic E-state index is 4.88. The molecule has 0 aliphatic carbocycles. The van der Waals surface area contributed by atoms with Crippen molar-refractivity contribution in [2.24, 2.45) is 0 Å². The molecule has 3 aromatic carbocycles. The molecule has 3 aliphatic heterocycles. The van der Waals surface area contributed by atoms with E-state index in [1.165, 1.54) is 113 Å². The summed E-state index contributed by atoms with van der Waals surface area (Å²) in [5.41, 5.74) is 7.34. The minimum absolute atomic E-state index is 0.766. The zero-order chi connectivity index (χ0) is 73.4. The largest absolute Gasteiger partial charge is 0.363 e. The van der Waals surface area contributed by atoms with Crippen molar-refractivity contribution in [1.29, 1.82) is 0 Å². The number of unbranched alkanes of at least 4 members (excludes halogenated alkanes) is 12. The van der Waals surface area contributed by atoms with Gasteiger partial charge < -0.3 is 60.0 Å². The zero-order valence-electron chi connectivity index (χ0n) is 64.4. The summed E-state index contributed by atoms with van der Waals surface area (Å²) in [6.45, 7) is 17.3. The Labute approximate surface area is 627 Å². The predicted molar refractivity (Wildman–Crippen MR) is 442 cm³/mol. The summed E-state index contributed by atoms with van der Waals surface area (Å²) in [5, 5.41) is 10.5. The van der Waals surface area contributed by atoms with Crippen LogP contribution in [0.5, 0.6) is 0 Å². The van der Waals surface area contributed by atoms with E-state index in [4.69, 9.17) is 29.9 Å². The molecule has 558 valence electrons. The highest BCUT2D eigenvalue weighted by Crippen LogP contribution is 2.29. The molecule has 3 aliphatic rings. The van der Waals surface area contributed by atoms with Crippen LogP contribution in [0.3, 0.4) is 0 Å². The molecule has 3 N–H and O–H groups in total. The van der Waals surface area contributed by atoms with E-state index in [9.17, 15) is 0 Å². The molecule has 0 atom stereocenters. The lowest BCUT2D eigenvalue weighted by atomic mass is 10.0. The Morgan fingerprint density at radius 3 is 0.781 bits per heavy atom. The molecule has 12 rings (SSSR count). The highest BCUT2D eigenvalue weighted by molar-refractivity contribution is 5.65. The number of pyridine rings is 3. The molecule has 9 heterocycles. The van der Waals surface area contributed by atoms with Gasteiger partial charge in [0.25, 0.3) is 0 Å². The van der Waals surface area contributed by atoms with E-state index in [1.54, 1.807) is 0 Å². The molecule has 3 fully saturated rings. The van der Waals surface area contributed by atoms with E-state index in [1.807, 2.05) is 130 Å². The summed E-state index contributed by atoms with van der Waals surface area (Å²) < 4.78 is 0. The van der Waals surface area contributed by atoms with E-state index in [0.717, 1.165) is 185 Å². The third-order valence-corrected chi connectivity index (χ3v) is 19.5. The Balaban J connectivity index is 0.000000169. The van der Waals surface area contributed by atoms with Crippen molar-refractivity contribution in [3.8, 4) is 0 Å². The molecule has 21 nitrogen and oxygen atoms in total. The first-order valence-corrected chi connectivity index (χ1v) is 38.9. The predicted octanol–water partition coefficient (Wildman–Crippen LogP) is 16.6. The van der Waals surface area contributed by atoms with Gasteiger partial charge in [0.1, 0.15) is 52.4 Å². The first-order chi connectivity index (χ1) is 51.4. The fourth-order valence-electron chi connectivity index (χ4n) is 13.1. The molecule has 6 aromatic heterocycles. The number of nitrogens with one attached hydrogen (secondary N) is 3. The van der Waals surface area contributed by atoms with E-state index >= 15 is 0 Å². The number of nitrogens with zero attached hydrogens (tertiary/aromatic N) is 18. The highest BCUT2D eigenvalue weighted by Gasteiger charge is 2.25. The number of piperazine rings is 3. The van der Waals surface area contributed by atoms with Gasteiger partial charge in [-0.05, 0) is 128 Å². The summed E-state index contributed by atoms with van der Waals surface area (Å²) in [6.07, 6.45) is 28.7. The standard InChI is InChI=1S/C29H41N7.C28H39N7.C27H37N7/c1-4-5-6-7-8-9-12-24-14-16-25(17-15-24)31-26-23-28(34(2)3)33-29(32-26)36-21-19-35(20-22-36)27-13-10-11-18-30-27;1-4-5-6-7-8-11-23-13-15-24(16-14-23)30-25-22-27(33(2)3)32-28(31-25)35-20-18-34(19-21-35)26-12-9-10-17-29-26;1-4-5-6-7-10-22-12-14-23(15-13-22)29-24-21-26(32(2)3)31-27(30-24)34-19-17-33(18-20-34)25-11-8-9-16-28-25/h10-11,13-18,23H,4-9,12,19-22H2,1-3H3,(H,31,32,33);9-10,12-17,22H,4-8,11,18-21H2,1-3H3,(H,30,31,32);8-9,11-16,21H,4-7,10,17-20H2,1-3H3,(H,29,30,31). The van der Waals surface area contributed by atoms with Crippen molar-refractivity contribution in [3.05, 3.63) is 181 Å². The maximum Gasteiger partial charge on any atom is 0.229 e. The highest BCUT2D eigenvalue weighted by atomic mass is 15.4. The molecule has 0 spiro atoms.